The maximum absolute atomic E-state index is 12.3. The second-order valence-electron chi connectivity index (χ2n) is 5.00. The van der Waals surface area contributed by atoms with E-state index in [1.54, 1.807) is 4.90 Å². The number of rotatable bonds is 3. The van der Waals surface area contributed by atoms with Gasteiger partial charge in [-0.3, -0.25) is 19.8 Å². The van der Waals surface area contributed by atoms with E-state index in [0.717, 1.165) is 10.7 Å². The molecule has 0 radical (unpaired) electrons. The number of anilines is 1. The van der Waals surface area contributed by atoms with E-state index >= 15 is 0 Å². The minimum absolute atomic E-state index is 0.101. The summed E-state index contributed by atoms with van der Waals surface area (Å²) in [6, 6.07) is 9.21. The van der Waals surface area contributed by atoms with Crippen LogP contribution in [0.2, 0.25) is 0 Å². The molecule has 0 spiro atoms. The topological polar surface area (TPSA) is 69.7 Å². The quantitative estimate of drug-likeness (QED) is 0.832. The second kappa shape index (κ2) is 6.05. The van der Waals surface area contributed by atoms with Crippen molar-refractivity contribution in [1.82, 2.24) is 10.4 Å². The van der Waals surface area contributed by atoms with Gasteiger partial charge >= 0.3 is 0 Å². The zero-order valence-electron chi connectivity index (χ0n) is 11.5. The van der Waals surface area contributed by atoms with E-state index in [1.807, 2.05) is 30.3 Å². The molecule has 3 amide bonds. The third-order valence-electron chi connectivity index (χ3n) is 3.54. The van der Waals surface area contributed by atoms with Crippen LogP contribution in [0.5, 0.6) is 0 Å². The number of amides is 3. The van der Waals surface area contributed by atoms with E-state index < -0.39 is 5.92 Å². The van der Waals surface area contributed by atoms with Crippen LogP contribution in [0.3, 0.4) is 0 Å². The highest BCUT2D eigenvalue weighted by Gasteiger charge is 2.37. The first-order valence-corrected chi connectivity index (χ1v) is 8.11. The molecule has 0 unspecified atom stereocenters. The maximum Gasteiger partial charge on any atom is 0.257 e. The van der Waals surface area contributed by atoms with Crippen LogP contribution < -0.4 is 10.3 Å². The molecule has 1 aromatic carbocycles. The number of thioether (sulfide) groups is 1. The Hall–Kier alpha value is -1.93. The van der Waals surface area contributed by atoms with Crippen molar-refractivity contribution in [1.29, 1.82) is 0 Å². The number of thiocarbonyl (C=S) groups is 1. The second-order valence-corrected chi connectivity index (χ2v) is 6.61. The van der Waals surface area contributed by atoms with Gasteiger partial charge < -0.3 is 4.90 Å². The van der Waals surface area contributed by atoms with E-state index in [-0.39, 0.29) is 29.9 Å². The molecule has 2 saturated heterocycles. The summed E-state index contributed by atoms with van der Waals surface area (Å²) in [4.78, 5) is 37.6. The van der Waals surface area contributed by atoms with E-state index in [0.29, 0.717) is 10.9 Å². The highest BCUT2D eigenvalue weighted by molar-refractivity contribution is 8.23. The monoisotopic (exact) mass is 335 g/mol. The summed E-state index contributed by atoms with van der Waals surface area (Å²) in [5.41, 5.74) is 3.29. The molecule has 1 atom stereocenters. The third-order valence-corrected chi connectivity index (χ3v) is 4.89. The Morgan fingerprint density at radius 2 is 1.95 bits per heavy atom. The van der Waals surface area contributed by atoms with Crippen LogP contribution in [0.4, 0.5) is 5.69 Å². The minimum Gasteiger partial charge on any atom is -0.312 e. The number of hydrogen-bond acceptors (Lipinski definition) is 5. The molecule has 22 heavy (non-hydrogen) atoms. The van der Waals surface area contributed by atoms with Crippen LogP contribution in [0.15, 0.2) is 30.3 Å². The van der Waals surface area contributed by atoms with E-state index in [4.69, 9.17) is 12.2 Å². The first-order chi connectivity index (χ1) is 10.6. The predicted octanol–water partition coefficient (Wildman–Crippen LogP) is 0.931. The minimum atomic E-state index is -0.492. The summed E-state index contributed by atoms with van der Waals surface area (Å²) in [6.45, 7) is 0.302. The van der Waals surface area contributed by atoms with Gasteiger partial charge in [0, 0.05) is 18.7 Å². The van der Waals surface area contributed by atoms with Crippen LogP contribution in [0.1, 0.15) is 6.42 Å². The maximum atomic E-state index is 12.3. The fourth-order valence-electron chi connectivity index (χ4n) is 2.40. The van der Waals surface area contributed by atoms with Crippen LogP contribution in [0, 0.1) is 5.92 Å². The molecule has 3 rings (SSSR count). The Morgan fingerprint density at radius 3 is 2.59 bits per heavy atom. The lowest BCUT2D eigenvalue weighted by Crippen LogP contribution is -2.47. The number of hydrazine groups is 1. The smallest absolute Gasteiger partial charge is 0.257 e. The lowest BCUT2D eigenvalue weighted by Gasteiger charge is -2.19. The van der Waals surface area contributed by atoms with Gasteiger partial charge in [-0.15, -0.1) is 0 Å². The zero-order valence-corrected chi connectivity index (χ0v) is 13.2. The van der Waals surface area contributed by atoms with Crippen molar-refractivity contribution in [2.45, 2.75) is 6.42 Å². The van der Waals surface area contributed by atoms with Gasteiger partial charge in [0.05, 0.1) is 11.7 Å². The highest BCUT2D eigenvalue weighted by Crippen LogP contribution is 2.25. The fourth-order valence-corrected chi connectivity index (χ4v) is 3.38. The Bertz CT molecular complexity index is 634. The fraction of sp³-hybridized carbons (Fsp3) is 0.286. The van der Waals surface area contributed by atoms with Crippen LogP contribution >= 0.6 is 24.0 Å². The molecule has 1 N–H and O–H groups in total. The van der Waals surface area contributed by atoms with Crippen molar-refractivity contribution in [2.75, 3.05) is 17.2 Å². The average molecular weight is 335 g/mol. The SMILES string of the molecule is O=C(NN1C(=O)CSC1=S)[C@H]1CC(=O)N(c2ccccc2)C1. The van der Waals surface area contributed by atoms with Gasteiger partial charge in [0.1, 0.15) is 0 Å². The standard InChI is InChI=1S/C14H13N3O3S2/c18-11-6-9(7-16(11)10-4-2-1-3-5-10)13(20)15-17-12(19)8-22-14(17)21/h1-5,9H,6-8H2,(H,15,20)/t9-/m0/s1. The van der Waals surface area contributed by atoms with E-state index in [9.17, 15) is 14.4 Å². The van der Waals surface area contributed by atoms with Crippen molar-refractivity contribution in [3.05, 3.63) is 30.3 Å². The van der Waals surface area contributed by atoms with Gasteiger partial charge in [-0.25, -0.2) is 5.01 Å². The van der Waals surface area contributed by atoms with Gasteiger partial charge in [-0.1, -0.05) is 42.2 Å². The molecule has 2 aliphatic rings. The molecule has 8 heteroatoms. The van der Waals surface area contributed by atoms with Gasteiger partial charge in [0.15, 0.2) is 4.32 Å². The van der Waals surface area contributed by atoms with Crippen molar-refractivity contribution in [3.8, 4) is 0 Å². The summed E-state index contributed by atoms with van der Waals surface area (Å²) in [5, 5.41) is 1.10. The van der Waals surface area contributed by atoms with E-state index in [2.05, 4.69) is 5.43 Å². The van der Waals surface area contributed by atoms with Crippen LogP contribution in [-0.4, -0.2) is 39.3 Å². The summed E-state index contributed by atoms with van der Waals surface area (Å²) >= 11 is 6.22. The molecule has 6 nitrogen and oxygen atoms in total. The molecule has 2 fully saturated rings. The molecule has 1 aromatic rings. The number of nitrogens with zero attached hydrogens (tertiary/aromatic N) is 2. The van der Waals surface area contributed by atoms with Crippen LogP contribution in [-0.2, 0) is 14.4 Å². The van der Waals surface area contributed by atoms with Crippen LogP contribution in [0.25, 0.3) is 0 Å². The summed E-state index contributed by atoms with van der Waals surface area (Å²) < 4.78 is 0.336. The molecule has 0 bridgehead atoms. The van der Waals surface area contributed by atoms with Crippen molar-refractivity contribution < 1.29 is 14.4 Å². The predicted molar refractivity (Wildman–Crippen MR) is 86.9 cm³/mol. The van der Waals surface area contributed by atoms with Crippen molar-refractivity contribution >= 4 is 51.7 Å². The zero-order chi connectivity index (χ0) is 15.7. The molecular formula is C14H13N3O3S2. The molecule has 2 heterocycles. The lowest BCUT2D eigenvalue weighted by molar-refractivity contribution is -0.136. The number of carbonyl (C=O) groups excluding carboxylic acids is 3. The normalized spacial score (nSPS) is 21.6. The first kappa shape index (κ1) is 15.0. The van der Waals surface area contributed by atoms with Gasteiger partial charge in [-0.05, 0) is 12.1 Å². The molecule has 2 aliphatic heterocycles. The molecule has 0 saturated carbocycles. The summed E-state index contributed by atoms with van der Waals surface area (Å²) in [5.74, 6) is -0.957. The van der Waals surface area contributed by atoms with Crippen molar-refractivity contribution in [2.24, 2.45) is 5.92 Å². The number of nitrogens with one attached hydrogen (secondary N) is 1. The first-order valence-electron chi connectivity index (χ1n) is 6.72. The summed E-state index contributed by atoms with van der Waals surface area (Å²) in [7, 11) is 0. The lowest BCUT2D eigenvalue weighted by atomic mass is 10.1. The van der Waals surface area contributed by atoms with Crippen molar-refractivity contribution in [3.63, 3.8) is 0 Å². The van der Waals surface area contributed by atoms with Gasteiger partial charge in [-0.2, -0.15) is 0 Å². The molecular weight excluding hydrogens is 322 g/mol. The molecule has 0 aromatic heterocycles. The summed E-state index contributed by atoms with van der Waals surface area (Å²) in [6.07, 6.45) is 0.128. The van der Waals surface area contributed by atoms with Gasteiger partial charge in [0.2, 0.25) is 11.8 Å². The number of carbonyl (C=O) groups is 3. The Labute approximate surface area is 136 Å². The number of hydrogen-bond donors (Lipinski definition) is 1. The van der Waals surface area contributed by atoms with Gasteiger partial charge in [0.25, 0.3) is 5.91 Å². The third kappa shape index (κ3) is 2.84. The number of para-hydroxylation sites is 1. The highest BCUT2D eigenvalue weighted by atomic mass is 32.2. The largest absolute Gasteiger partial charge is 0.312 e. The Balaban J connectivity index is 1.67. The van der Waals surface area contributed by atoms with E-state index in [1.165, 1.54) is 11.8 Å². The number of benzene rings is 1. The molecule has 114 valence electrons. The average Bonchev–Trinajstić information content (AvgIpc) is 3.05. The Morgan fingerprint density at radius 1 is 1.23 bits per heavy atom. The Kier molecular flexibility index (Phi) is 4.12. The molecule has 0 aliphatic carbocycles.